The average Bonchev–Trinajstić information content (AvgIpc) is 3.10. The van der Waals surface area contributed by atoms with Crippen LogP contribution in [0.1, 0.15) is 55.7 Å². The van der Waals surface area contributed by atoms with Gasteiger partial charge in [-0.2, -0.15) is 0 Å². The number of rotatable bonds is 9. The number of aromatic nitrogens is 2. The van der Waals surface area contributed by atoms with Crippen LogP contribution in [-0.4, -0.2) is 70.1 Å². The van der Waals surface area contributed by atoms with E-state index in [4.69, 9.17) is 5.73 Å². The largest absolute Gasteiger partial charge is 0.368 e. The first-order valence-corrected chi connectivity index (χ1v) is 13.0. The normalized spacial score (nSPS) is 19.1. The molecule has 190 valence electrons. The third-order valence-electron chi connectivity index (χ3n) is 7.51. The summed E-state index contributed by atoms with van der Waals surface area (Å²) >= 11 is 0. The third-order valence-corrected chi connectivity index (χ3v) is 7.51. The molecule has 3 heterocycles. The number of likely N-dealkylation sites (tertiary alicyclic amines) is 1. The molecular weight excluding hydrogens is 443 g/mol. The zero-order valence-corrected chi connectivity index (χ0v) is 20.9. The molecule has 4 rings (SSSR count). The summed E-state index contributed by atoms with van der Waals surface area (Å²) in [5, 5.41) is 3.22. The van der Waals surface area contributed by atoms with Gasteiger partial charge in [-0.3, -0.25) is 9.69 Å². The molecule has 2 aliphatic heterocycles. The summed E-state index contributed by atoms with van der Waals surface area (Å²) < 4.78 is 15.9. The lowest BCUT2D eigenvalue weighted by Crippen LogP contribution is -2.53. The number of alkyl halides is 1. The van der Waals surface area contributed by atoms with Crippen LogP contribution < -0.4 is 11.1 Å². The minimum Gasteiger partial charge on any atom is -0.368 e. The summed E-state index contributed by atoms with van der Waals surface area (Å²) in [6.07, 6.45) is 8.36. The first kappa shape index (κ1) is 25.5. The second kappa shape index (κ2) is 11.9. The summed E-state index contributed by atoms with van der Waals surface area (Å²) in [4.78, 5) is 25.6. The molecule has 1 atom stereocenters. The minimum absolute atomic E-state index is 0.166. The fourth-order valence-electron chi connectivity index (χ4n) is 5.48. The van der Waals surface area contributed by atoms with Crippen molar-refractivity contribution >= 4 is 11.9 Å². The molecule has 0 bridgehead atoms. The van der Waals surface area contributed by atoms with Gasteiger partial charge in [0.1, 0.15) is 0 Å². The highest BCUT2D eigenvalue weighted by Crippen LogP contribution is 2.29. The smallest absolute Gasteiger partial charge is 0.260 e. The maximum absolute atomic E-state index is 15.9. The Morgan fingerprint density at radius 3 is 2.31 bits per heavy atom. The van der Waals surface area contributed by atoms with Crippen molar-refractivity contribution in [2.45, 2.75) is 70.1 Å². The lowest BCUT2D eigenvalue weighted by atomic mass is 9.92. The van der Waals surface area contributed by atoms with Crippen molar-refractivity contribution in [1.29, 1.82) is 0 Å². The summed E-state index contributed by atoms with van der Waals surface area (Å²) in [5.41, 5.74) is 7.49. The molecule has 35 heavy (non-hydrogen) atoms. The maximum Gasteiger partial charge on any atom is 0.260 e. The zero-order valence-electron chi connectivity index (χ0n) is 20.9. The van der Waals surface area contributed by atoms with Crippen LogP contribution in [0.3, 0.4) is 0 Å². The number of piperidine rings is 1. The van der Waals surface area contributed by atoms with Gasteiger partial charge in [0, 0.05) is 63.1 Å². The first-order valence-electron chi connectivity index (χ1n) is 13.0. The molecule has 2 aliphatic rings. The van der Waals surface area contributed by atoms with Crippen molar-refractivity contribution in [3.05, 3.63) is 53.3 Å². The van der Waals surface area contributed by atoms with E-state index in [2.05, 4.69) is 44.5 Å². The highest BCUT2D eigenvalue weighted by molar-refractivity contribution is 5.85. The predicted molar refractivity (Wildman–Crippen MR) is 137 cm³/mol. The Kier molecular flexibility index (Phi) is 8.68. The fourth-order valence-corrected chi connectivity index (χ4v) is 5.48. The summed E-state index contributed by atoms with van der Waals surface area (Å²) in [7, 11) is 0. The van der Waals surface area contributed by atoms with E-state index in [1.54, 1.807) is 17.3 Å². The number of anilines is 1. The molecule has 1 aromatic heterocycles. The van der Waals surface area contributed by atoms with E-state index in [1.807, 2.05) is 6.92 Å². The Labute approximate surface area is 208 Å². The average molecular weight is 483 g/mol. The van der Waals surface area contributed by atoms with E-state index < -0.39 is 5.67 Å². The highest BCUT2D eigenvalue weighted by atomic mass is 19.1. The van der Waals surface area contributed by atoms with Gasteiger partial charge in [-0.25, -0.2) is 14.4 Å². The van der Waals surface area contributed by atoms with Crippen LogP contribution in [0.25, 0.3) is 0 Å². The fraction of sp³-hybridized carbons (Fsp3) is 0.593. The van der Waals surface area contributed by atoms with Crippen LogP contribution in [0, 0.1) is 0 Å². The molecule has 0 saturated carbocycles. The molecule has 0 radical (unpaired) electrons. The number of nitrogen functional groups attached to an aromatic ring is 1. The Balaban J connectivity index is 1.26. The van der Waals surface area contributed by atoms with Crippen LogP contribution in [0.5, 0.6) is 0 Å². The number of nitrogens with one attached hydrogen (secondary N) is 1. The molecular formula is C27H39FN6O. The Bertz CT molecular complexity index is 935. The predicted octanol–water partition coefficient (Wildman–Crippen LogP) is 3.14. The summed E-state index contributed by atoms with van der Waals surface area (Å²) in [5.74, 6) is -0.103. The molecule has 2 aromatic rings. The number of fused-ring (bicyclic) bond motifs is 1. The first-order chi connectivity index (χ1) is 17.0. The van der Waals surface area contributed by atoms with Gasteiger partial charge in [0.25, 0.3) is 5.91 Å². The number of halogens is 1. The van der Waals surface area contributed by atoms with Crippen molar-refractivity contribution in [2.24, 2.45) is 0 Å². The van der Waals surface area contributed by atoms with Gasteiger partial charge in [-0.15, -0.1) is 0 Å². The quantitative estimate of drug-likeness (QED) is 0.534. The van der Waals surface area contributed by atoms with Crippen LogP contribution in [0.2, 0.25) is 0 Å². The Morgan fingerprint density at radius 2 is 1.71 bits per heavy atom. The Hall–Kier alpha value is -2.58. The number of nitrogens with two attached hydrogens (primary N) is 1. The van der Waals surface area contributed by atoms with E-state index in [1.165, 1.54) is 11.1 Å². The number of benzene rings is 1. The van der Waals surface area contributed by atoms with Crippen LogP contribution in [0.4, 0.5) is 10.3 Å². The topological polar surface area (TPSA) is 87.4 Å². The monoisotopic (exact) mass is 482 g/mol. The Morgan fingerprint density at radius 1 is 1.09 bits per heavy atom. The maximum atomic E-state index is 15.9. The summed E-state index contributed by atoms with van der Waals surface area (Å²) in [6.45, 7) is 6.26. The molecule has 0 aliphatic carbocycles. The van der Waals surface area contributed by atoms with Crippen molar-refractivity contribution in [3.8, 4) is 0 Å². The molecule has 0 spiro atoms. The number of hydrogen-bond donors (Lipinski definition) is 2. The lowest BCUT2D eigenvalue weighted by molar-refractivity contribution is -0.146. The van der Waals surface area contributed by atoms with Gasteiger partial charge in [0.15, 0.2) is 5.67 Å². The van der Waals surface area contributed by atoms with Crippen molar-refractivity contribution in [3.63, 3.8) is 0 Å². The van der Waals surface area contributed by atoms with Crippen LogP contribution in [0.15, 0.2) is 36.7 Å². The summed E-state index contributed by atoms with van der Waals surface area (Å²) in [6, 6.07) is 9.21. The number of carbonyl (C=O) groups is 1. The third kappa shape index (κ3) is 6.55. The van der Waals surface area contributed by atoms with Crippen molar-refractivity contribution < 1.29 is 9.18 Å². The standard InChI is InChI=1S/C27H39FN6O/c1-2-11-27(28,12-13-30-18-21-19-31-26(29)32-20-21)25(35)34-16-9-24(10-17-34)33-14-7-22-5-3-4-6-23(22)8-15-33/h3-6,19-20,24,30H,2,7-18H2,1H3,(H2,29,31,32). The second-order valence-corrected chi connectivity index (χ2v) is 9.92. The minimum atomic E-state index is -1.82. The molecule has 7 nitrogen and oxygen atoms in total. The second-order valence-electron chi connectivity index (χ2n) is 9.92. The van der Waals surface area contributed by atoms with Gasteiger partial charge in [-0.05, 0) is 49.8 Å². The lowest BCUT2D eigenvalue weighted by Gasteiger charge is -2.40. The van der Waals surface area contributed by atoms with Crippen molar-refractivity contribution in [1.82, 2.24) is 25.1 Å². The molecule has 1 saturated heterocycles. The molecule has 3 N–H and O–H groups in total. The molecule has 1 amide bonds. The van der Waals surface area contributed by atoms with Gasteiger partial charge in [-0.1, -0.05) is 37.6 Å². The van der Waals surface area contributed by atoms with Gasteiger partial charge in [0.05, 0.1) is 0 Å². The van der Waals surface area contributed by atoms with Gasteiger partial charge in [0.2, 0.25) is 5.95 Å². The van der Waals surface area contributed by atoms with E-state index in [-0.39, 0.29) is 24.7 Å². The highest BCUT2D eigenvalue weighted by Gasteiger charge is 2.41. The van der Waals surface area contributed by atoms with E-state index in [0.29, 0.717) is 38.6 Å². The van der Waals surface area contributed by atoms with E-state index >= 15 is 4.39 Å². The van der Waals surface area contributed by atoms with Crippen molar-refractivity contribution in [2.75, 3.05) is 38.5 Å². The van der Waals surface area contributed by atoms with Gasteiger partial charge < -0.3 is 16.0 Å². The number of carbonyl (C=O) groups excluding carboxylic acids is 1. The van der Waals surface area contributed by atoms with Crippen LogP contribution in [-0.2, 0) is 24.2 Å². The number of nitrogens with zero attached hydrogens (tertiary/aromatic N) is 4. The van der Waals surface area contributed by atoms with E-state index in [9.17, 15) is 4.79 Å². The van der Waals surface area contributed by atoms with Crippen LogP contribution >= 0.6 is 0 Å². The number of hydrogen-bond acceptors (Lipinski definition) is 6. The SMILES string of the molecule is CCCC(F)(CCNCc1cnc(N)nc1)C(=O)N1CCC(N2CCc3ccccc3CC2)CC1. The molecule has 1 fully saturated rings. The van der Waals surface area contributed by atoms with E-state index in [0.717, 1.165) is 44.3 Å². The molecule has 1 aromatic carbocycles. The zero-order chi connectivity index (χ0) is 24.7. The van der Waals surface area contributed by atoms with Gasteiger partial charge >= 0.3 is 0 Å². The number of amides is 1. The molecule has 1 unspecified atom stereocenters. The molecule has 8 heteroatoms.